The van der Waals surface area contributed by atoms with Gasteiger partial charge in [0.15, 0.2) is 0 Å². The van der Waals surface area contributed by atoms with Gasteiger partial charge in [-0.1, -0.05) is 12.0 Å². The average Bonchev–Trinajstić information content (AvgIpc) is 2.08. The zero-order chi connectivity index (χ0) is 9.68. The Hall–Kier alpha value is -0.590. The third-order valence-electron chi connectivity index (χ3n) is 2.88. The zero-order valence-corrected chi connectivity index (χ0v) is 8.64. The Morgan fingerprint density at radius 2 is 2.08 bits per heavy atom. The molecule has 0 spiro atoms. The number of carbonyl (C=O) groups excluding carboxylic acids is 1. The van der Waals surface area contributed by atoms with Crippen LogP contribution in [0, 0.1) is 5.92 Å². The van der Waals surface area contributed by atoms with Crippen molar-refractivity contribution in [1.82, 2.24) is 0 Å². The van der Waals surface area contributed by atoms with Gasteiger partial charge in [-0.25, -0.2) is 0 Å². The van der Waals surface area contributed by atoms with Crippen molar-refractivity contribution in [1.29, 1.82) is 0 Å². The van der Waals surface area contributed by atoms with E-state index in [2.05, 4.69) is 13.5 Å². The first-order chi connectivity index (χ1) is 6.18. The molecule has 0 aromatic heterocycles. The minimum Gasteiger partial charge on any atom is -0.300 e. The van der Waals surface area contributed by atoms with Gasteiger partial charge in [-0.05, 0) is 38.5 Å². The average molecular weight is 180 g/mol. The molecular formula is C12H20O. The second-order valence-electron chi connectivity index (χ2n) is 4.33. The number of rotatable bonds is 4. The molecule has 0 aliphatic heterocycles. The first kappa shape index (κ1) is 10.5. The van der Waals surface area contributed by atoms with Gasteiger partial charge in [-0.2, -0.15) is 0 Å². The second-order valence-corrected chi connectivity index (χ2v) is 4.33. The maximum Gasteiger partial charge on any atom is 0.132 e. The van der Waals surface area contributed by atoms with Crippen LogP contribution in [0.15, 0.2) is 12.2 Å². The molecule has 74 valence electrons. The molecule has 0 unspecified atom stereocenters. The van der Waals surface area contributed by atoms with E-state index >= 15 is 0 Å². The molecule has 1 rings (SSSR count). The molecule has 0 atom stereocenters. The molecule has 1 aliphatic rings. The molecular weight excluding hydrogens is 160 g/mol. The summed E-state index contributed by atoms with van der Waals surface area (Å²) in [5, 5.41) is 0. The Morgan fingerprint density at radius 3 is 2.62 bits per heavy atom. The van der Waals surface area contributed by atoms with Crippen molar-refractivity contribution in [3.63, 3.8) is 0 Å². The Kier molecular flexibility index (Phi) is 4.20. The highest BCUT2D eigenvalue weighted by Gasteiger charge is 2.17. The van der Waals surface area contributed by atoms with Crippen molar-refractivity contribution < 1.29 is 4.79 Å². The van der Waals surface area contributed by atoms with Gasteiger partial charge in [0.1, 0.15) is 5.78 Å². The lowest BCUT2D eigenvalue weighted by molar-refractivity contribution is -0.121. The van der Waals surface area contributed by atoms with Crippen LogP contribution in [-0.4, -0.2) is 5.78 Å². The minimum atomic E-state index is 0.469. The van der Waals surface area contributed by atoms with Gasteiger partial charge in [0.25, 0.3) is 0 Å². The SMILES string of the molecule is C=C(C)CCCC1CCC(=O)CC1. The molecule has 1 saturated carbocycles. The van der Waals surface area contributed by atoms with Crippen LogP contribution in [0.4, 0.5) is 0 Å². The quantitative estimate of drug-likeness (QED) is 0.605. The first-order valence-electron chi connectivity index (χ1n) is 5.34. The van der Waals surface area contributed by atoms with Crippen molar-refractivity contribution in [3.8, 4) is 0 Å². The molecule has 0 aromatic carbocycles. The summed E-state index contributed by atoms with van der Waals surface area (Å²) in [6.07, 6.45) is 7.64. The summed E-state index contributed by atoms with van der Waals surface area (Å²) in [4.78, 5) is 11.0. The molecule has 1 aliphatic carbocycles. The lowest BCUT2D eigenvalue weighted by Gasteiger charge is -2.20. The molecule has 0 heterocycles. The van der Waals surface area contributed by atoms with E-state index in [0.29, 0.717) is 5.78 Å². The lowest BCUT2D eigenvalue weighted by Crippen LogP contribution is -2.13. The van der Waals surface area contributed by atoms with Gasteiger partial charge in [-0.3, -0.25) is 4.79 Å². The highest BCUT2D eigenvalue weighted by molar-refractivity contribution is 5.78. The maximum absolute atomic E-state index is 11.0. The van der Waals surface area contributed by atoms with Gasteiger partial charge in [0.05, 0.1) is 0 Å². The Morgan fingerprint density at radius 1 is 1.46 bits per heavy atom. The topological polar surface area (TPSA) is 17.1 Å². The van der Waals surface area contributed by atoms with E-state index in [4.69, 9.17) is 0 Å². The molecule has 0 amide bonds. The van der Waals surface area contributed by atoms with Crippen LogP contribution in [0.5, 0.6) is 0 Å². The third-order valence-corrected chi connectivity index (χ3v) is 2.88. The van der Waals surface area contributed by atoms with E-state index in [9.17, 15) is 4.79 Å². The van der Waals surface area contributed by atoms with E-state index in [1.54, 1.807) is 0 Å². The number of allylic oxidation sites excluding steroid dienone is 1. The zero-order valence-electron chi connectivity index (χ0n) is 8.64. The molecule has 13 heavy (non-hydrogen) atoms. The summed E-state index contributed by atoms with van der Waals surface area (Å²) < 4.78 is 0. The van der Waals surface area contributed by atoms with Gasteiger partial charge in [-0.15, -0.1) is 6.58 Å². The summed E-state index contributed by atoms with van der Waals surface area (Å²) in [7, 11) is 0. The predicted octanol–water partition coefficient (Wildman–Crippen LogP) is 3.49. The second kappa shape index (κ2) is 5.21. The molecule has 0 N–H and O–H groups in total. The maximum atomic E-state index is 11.0. The number of hydrogen-bond acceptors (Lipinski definition) is 1. The van der Waals surface area contributed by atoms with Crippen LogP contribution in [0.3, 0.4) is 0 Å². The van der Waals surface area contributed by atoms with Crippen LogP contribution in [0.1, 0.15) is 51.9 Å². The first-order valence-corrected chi connectivity index (χ1v) is 5.34. The summed E-state index contributed by atoms with van der Waals surface area (Å²) in [6, 6.07) is 0. The summed E-state index contributed by atoms with van der Waals surface area (Å²) >= 11 is 0. The summed E-state index contributed by atoms with van der Waals surface area (Å²) in [5.41, 5.74) is 1.28. The number of Topliss-reactive ketones (excluding diaryl/α,β-unsaturated/α-hetero) is 1. The predicted molar refractivity (Wildman–Crippen MR) is 55.6 cm³/mol. The van der Waals surface area contributed by atoms with E-state index in [1.165, 1.54) is 18.4 Å². The van der Waals surface area contributed by atoms with E-state index in [0.717, 1.165) is 38.0 Å². The summed E-state index contributed by atoms with van der Waals surface area (Å²) in [6.45, 7) is 5.98. The van der Waals surface area contributed by atoms with E-state index in [1.807, 2.05) is 0 Å². The fraction of sp³-hybridized carbons (Fsp3) is 0.750. The molecule has 0 saturated heterocycles. The van der Waals surface area contributed by atoms with Crippen LogP contribution >= 0.6 is 0 Å². The molecule has 0 radical (unpaired) electrons. The Balaban J connectivity index is 2.09. The van der Waals surface area contributed by atoms with Crippen molar-refractivity contribution >= 4 is 5.78 Å². The van der Waals surface area contributed by atoms with E-state index in [-0.39, 0.29) is 0 Å². The van der Waals surface area contributed by atoms with Crippen molar-refractivity contribution in [3.05, 3.63) is 12.2 Å². The third kappa shape index (κ3) is 4.25. The van der Waals surface area contributed by atoms with Gasteiger partial charge >= 0.3 is 0 Å². The van der Waals surface area contributed by atoms with Gasteiger partial charge in [0, 0.05) is 12.8 Å². The molecule has 0 bridgehead atoms. The monoisotopic (exact) mass is 180 g/mol. The Bertz CT molecular complexity index is 183. The van der Waals surface area contributed by atoms with Crippen LogP contribution in [0.25, 0.3) is 0 Å². The normalized spacial score (nSPS) is 19.0. The minimum absolute atomic E-state index is 0.469. The molecule has 1 fully saturated rings. The van der Waals surface area contributed by atoms with Crippen molar-refractivity contribution in [2.24, 2.45) is 5.92 Å². The van der Waals surface area contributed by atoms with Crippen molar-refractivity contribution in [2.75, 3.05) is 0 Å². The molecule has 0 aromatic rings. The Labute approximate surface area is 81.2 Å². The van der Waals surface area contributed by atoms with Crippen molar-refractivity contribution in [2.45, 2.75) is 51.9 Å². The van der Waals surface area contributed by atoms with E-state index < -0.39 is 0 Å². The van der Waals surface area contributed by atoms with Gasteiger partial charge in [0.2, 0.25) is 0 Å². The fourth-order valence-corrected chi connectivity index (χ4v) is 1.98. The largest absolute Gasteiger partial charge is 0.300 e. The standard InChI is InChI=1S/C12H20O/c1-10(2)4-3-5-11-6-8-12(13)9-7-11/h11H,1,3-9H2,2H3. The fourth-order valence-electron chi connectivity index (χ4n) is 1.98. The van der Waals surface area contributed by atoms with Crippen LogP contribution in [0.2, 0.25) is 0 Å². The van der Waals surface area contributed by atoms with Crippen LogP contribution < -0.4 is 0 Å². The highest BCUT2D eigenvalue weighted by atomic mass is 16.1. The van der Waals surface area contributed by atoms with Gasteiger partial charge < -0.3 is 0 Å². The lowest BCUT2D eigenvalue weighted by atomic mass is 9.85. The number of carbonyl (C=O) groups is 1. The summed E-state index contributed by atoms with van der Waals surface area (Å²) in [5.74, 6) is 1.29. The number of hydrogen-bond donors (Lipinski definition) is 0. The number of ketones is 1. The highest BCUT2D eigenvalue weighted by Crippen LogP contribution is 2.26. The molecule has 1 heteroatoms. The van der Waals surface area contributed by atoms with Crippen LogP contribution in [-0.2, 0) is 4.79 Å². The smallest absolute Gasteiger partial charge is 0.132 e. The molecule has 1 nitrogen and oxygen atoms in total.